The number of halogens is 1. The minimum Gasteiger partial charge on any atom is -0.395 e. The second-order valence-electron chi connectivity index (χ2n) is 8.88. The van der Waals surface area contributed by atoms with Crippen LogP contribution >= 0.6 is 11.6 Å². The molecule has 2 N–H and O–H groups in total. The predicted octanol–water partition coefficient (Wildman–Crippen LogP) is 2.85. The van der Waals surface area contributed by atoms with Crippen molar-refractivity contribution in [1.82, 2.24) is 14.5 Å². The molecule has 38 heavy (non-hydrogen) atoms. The van der Waals surface area contributed by atoms with E-state index >= 15 is 0 Å². The number of aliphatic hydroxyl groups excluding tert-OH is 1. The summed E-state index contributed by atoms with van der Waals surface area (Å²) in [6, 6.07) is 24.2. The van der Waals surface area contributed by atoms with Crippen LogP contribution in [0.5, 0.6) is 0 Å². The number of hydrogen-bond acceptors (Lipinski definition) is 5. The smallest absolute Gasteiger partial charge is 0.243 e. The highest BCUT2D eigenvalue weighted by molar-refractivity contribution is 7.88. The van der Waals surface area contributed by atoms with Crippen LogP contribution in [-0.2, 0) is 39.1 Å². The monoisotopic (exact) mass is 557 g/mol. The van der Waals surface area contributed by atoms with Gasteiger partial charge in [0.1, 0.15) is 6.04 Å². The van der Waals surface area contributed by atoms with Crippen LogP contribution in [0, 0.1) is 0 Å². The standard InChI is InChI=1S/C28H32ClN3O5S/c1-38(36,37)31(19-23-10-6-3-7-11-23)21-27(34)32(20-24-12-14-25(29)15-13-24)26(28(35)30-16-17-33)18-22-8-4-2-5-9-22/h2-15,26,33H,16-21H2,1H3,(H,30,35). The van der Waals surface area contributed by atoms with E-state index in [1.165, 1.54) is 4.90 Å². The van der Waals surface area contributed by atoms with Crippen LogP contribution in [0.4, 0.5) is 0 Å². The molecular formula is C28H32ClN3O5S. The topological polar surface area (TPSA) is 107 Å². The first-order valence-corrected chi connectivity index (χ1v) is 14.4. The van der Waals surface area contributed by atoms with Crippen molar-refractivity contribution in [3.8, 4) is 0 Å². The Morgan fingerprint density at radius 1 is 0.868 bits per heavy atom. The lowest BCUT2D eigenvalue weighted by molar-refractivity contribution is -0.141. The predicted molar refractivity (Wildman–Crippen MR) is 148 cm³/mol. The number of benzene rings is 3. The minimum absolute atomic E-state index is 0.0141. The Labute approximate surface area is 228 Å². The Hall–Kier alpha value is -3.24. The molecule has 3 aromatic rings. The van der Waals surface area contributed by atoms with Gasteiger partial charge in [0.2, 0.25) is 21.8 Å². The second kappa shape index (κ2) is 14.1. The molecule has 8 nitrogen and oxygen atoms in total. The van der Waals surface area contributed by atoms with Crippen molar-refractivity contribution in [3.63, 3.8) is 0 Å². The maximum atomic E-state index is 13.8. The van der Waals surface area contributed by atoms with Gasteiger partial charge in [-0.05, 0) is 28.8 Å². The number of carbonyl (C=O) groups excluding carboxylic acids is 2. The van der Waals surface area contributed by atoms with Gasteiger partial charge in [-0.15, -0.1) is 0 Å². The molecule has 0 saturated heterocycles. The summed E-state index contributed by atoms with van der Waals surface area (Å²) in [6.07, 6.45) is 1.26. The Kier molecular flexibility index (Phi) is 10.8. The summed E-state index contributed by atoms with van der Waals surface area (Å²) in [5.41, 5.74) is 2.29. The van der Waals surface area contributed by atoms with E-state index in [4.69, 9.17) is 11.6 Å². The molecule has 0 spiro atoms. The quantitative estimate of drug-likeness (QED) is 0.336. The first-order chi connectivity index (χ1) is 18.2. The van der Waals surface area contributed by atoms with Crippen molar-refractivity contribution in [2.24, 2.45) is 0 Å². The van der Waals surface area contributed by atoms with Gasteiger partial charge >= 0.3 is 0 Å². The molecule has 0 fully saturated rings. The van der Waals surface area contributed by atoms with Crippen LogP contribution in [0.2, 0.25) is 5.02 Å². The maximum Gasteiger partial charge on any atom is 0.243 e. The fraction of sp³-hybridized carbons (Fsp3) is 0.286. The summed E-state index contributed by atoms with van der Waals surface area (Å²) < 4.78 is 26.4. The number of hydrogen-bond donors (Lipinski definition) is 2. The highest BCUT2D eigenvalue weighted by Crippen LogP contribution is 2.18. The molecule has 0 bridgehead atoms. The second-order valence-corrected chi connectivity index (χ2v) is 11.3. The summed E-state index contributed by atoms with van der Waals surface area (Å²) in [7, 11) is -3.75. The Morgan fingerprint density at radius 2 is 1.42 bits per heavy atom. The van der Waals surface area contributed by atoms with Gasteiger partial charge in [-0.2, -0.15) is 4.31 Å². The molecule has 0 aromatic heterocycles. The summed E-state index contributed by atoms with van der Waals surface area (Å²) in [4.78, 5) is 28.5. The number of amides is 2. The maximum absolute atomic E-state index is 13.8. The number of nitrogens with one attached hydrogen (secondary N) is 1. The molecule has 202 valence electrons. The Balaban J connectivity index is 1.97. The molecular weight excluding hydrogens is 526 g/mol. The lowest BCUT2D eigenvalue weighted by atomic mass is 10.0. The van der Waals surface area contributed by atoms with Crippen LogP contribution < -0.4 is 5.32 Å². The molecule has 0 aliphatic heterocycles. The fourth-order valence-electron chi connectivity index (χ4n) is 3.96. The van der Waals surface area contributed by atoms with Crippen molar-refractivity contribution in [3.05, 3.63) is 107 Å². The highest BCUT2D eigenvalue weighted by atomic mass is 35.5. The van der Waals surface area contributed by atoms with Gasteiger partial charge in [0.15, 0.2) is 0 Å². The minimum atomic E-state index is -3.75. The van der Waals surface area contributed by atoms with Crippen LogP contribution in [-0.4, -0.2) is 66.5 Å². The summed E-state index contributed by atoms with van der Waals surface area (Å²) in [5.74, 6) is -0.972. The lowest BCUT2D eigenvalue weighted by Crippen LogP contribution is -2.53. The number of aliphatic hydroxyl groups is 1. The normalized spacial score (nSPS) is 12.2. The molecule has 0 aliphatic carbocycles. The van der Waals surface area contributed by atoms with E-state index in [1.54, 1.807) is 48.5 Å². The van der Waals surface area contributed by atoms with E-state index < -0.39 is 34.4 Å². The highest BCUT2D eigenvalue weighted by Gasteiger charge is 2.32. The van der Waals surface area contributed by atoms with Crippen molar-refractivity contribution >= 4 is 33.4 Å². The van der Waals surface area contributed by atoms with Gasteiger partial charge in [-0.3, -0.25) is 9.59 Å². The van der Waals surface area contributed by atoms with Crippen molar-refractivity contribution < 1.29 is 23.1 Å². The zero-order chi connectivity index (χ0) is 27.5. The molecule has 3 aromatic carbocycles. The number of nitrogens with zero attached hydrogens (tertiary/aromatic N) is 2. The molecule has 0 saturated carbocycles. The summed E-state index contributed by atoms with van der Waals surface area (Å²) in [6.45, 7) is -0.604. The molecule has 1 unspecified atom stereocenters. The van der Waals surface area contributed by atoms with Crippen molar-refractivity contribution in [2.75, 3.05) is 26.0 Å². The largest absolute Gasteiger partial charge is 0.395 e. The van der Waals surface area contributed by atoms with E-state index in [2.05, 4.69) is 5.32 Å². The van der Waals surface area contributed by atoms with Gasteiger partial charge in [0.05, 0.1) is 19.4 Å². The van der Waals surface area contributed by atoms with E-state index in [0.29, 0.717) is 5.02 Å². The number of rotatable bonds is 13. The zero-order valence-electron chi connectivity index (χ0n) is 21.2. The first-order valence-electron chi connectivity index (χ1n) is 12.1. The fourth-order valence-corrected chi connectivity index (χ4v) is 4.81. The third-order valence-corrected chi connectivity index (χ3v) is 7.38. The van der Waals surface area contributed by atoms with Crippen LogP contribution in [0.3, 0.4) is 0 Å². The Bertz CT molecular complexity index is 1290. The average Bonchev–Trinajstić information content (AvgIpc) is 2.90. The van der Waals surface area contributed by atoms with Gasteiger partial charge in [0, 0.05) is 31.1 Å². The third-order valence-electron chi connectivity index (χ3n) is 5.93. The lowest BCUT2D eigenvalue weighted by Gasteiger charge is -2.33. The van der Waals surface area contributed by atoms with Gasteiger partial charge in [-0.1, -0.05) is 84.4 Å². The molecule has 0 aliphatic rings. The van der Waals surface area contributed by atoms with E-state index in [0.717, 1.165) is 27.3 Å². The van der Waals surface area contributed by atoms with Crippen LogP contribution in [0.15, 0.2) is 84.9 Å². The average molecular weight is 558 g/mol. The summed E-state index contributed by atoms with van der Waals surface area (Å²) in [5, 5.41) is 12.5. The van der Waals surface area contributed by atoms with Gasteiger partial charge in [-0.25, -0.2) is 8.42 Å². The zero-order valence-corrected chi connectivity index (χ0v) is 22.7. The van der Waals surface area contributed by atoms with Crippen LogP contribution in [0.25, 0.3) is 0 Å². The number of carbonyl (C=O) groups is 2. The Morgan fingerprint density at radius 3 is 1.97 bits per heavy atom. The van der Waals surface area contributed by atoms with Crippen molar-refractivity contribution in [1.29, 1.82) is 0 Å². The van der Waals surface area contributed by atoms with Crippen LogP contribution in [0.1, 0.15) is 16.7 Å². The molecule has 0 radical (unpaired) electrons. The molecule has 3 rings (SSSR count). The molecule has 2 amide bonds. The van der Waals surface area contributed by atoms with E-state index in [1.807, 2.05) is 36.4 Å². The summed E-state index contributed by atoms with van der Waals surface area (Å²) >= 11 is 6.04. The van der Waals surface area contributed by atoms with E-state index in [-0.39, 0.29) is 32.7 Å². The van der Waals surface area contributed by atoms with Gasteiger partial charge < -0.3 is 15.3 Å². The molecule has 1 atom stereocenters. The van der Waals surface area contributed by atoms with Gasteiger partial charge in [0.25, 0.3) is 0 Å². The first kappa shape index (κ1) is 29.3. The SMILES string of the molecule is CS(=O)(=O)N(CC(=O)N(Cc1ccc(Cl)cc1)C(Cc1ccccc1)C(=O)NCCO)Cc1ccccc1. The number of sulfonamides is 1. The van der Waals surface area contributed by atoms with E-state index in [9.17, 15) is 23.1 Å². The van der Waals surface area contributed by atoms with Crippen molar-refractivity contribution in [2.45, 2.75) is 25.6 Å². The molecule has 0 heterocycles. The third kappa shape index (κ3) is 8.95. The molecule has 10 heteroatoms.